The Labute approximate surface area is 184 Å². The van der Waals surface area contributed by atoms with Crippen molar-refractivity contribution in [1.82, 2.24) is 10.1 Å². The quantitative estimate of drug-likeness (QED) is 0.273. The molecule has 2 atom stereocenters. The maximum Gasteiger partial charge on any atom is 0.248 e. The first-order valence-electron chi connectivity index (χ1n) is 10.1. The highest BCUT2D eigenvalue weighted by Gasteiger charge is 2.45. The summed E-state index contributed by atoms with van der Waals surface area (Å²) in [6, 6.07) is 11.8. The van der Waals surface area contributed by atoms with E-state index in [4.69, 9.17) is 16.8 Å². The Balaban J connectivity index is 1.90. The average Bonchev–Trinajstić information content (AvgIpc) is 3.07. The number of amides is 1. The normalized spacial score (nSPS) is 18.6. The van der Waals surface area contributed by atoms with Crippen LogP contribution in [0.15, 0.2) is 41.5 Å². The molecule has 1 aromatic carbocycles. The number of hydrogen-bond donors (Lipinski definition) is 3. The maximum atomic E-state index is 14.0. The number of hydrazine groups is 1. The molecule has 10 heteroatoms. The number of nitrogens with one attached hydrogen (secondary N) is 1. The molecule has 1 heterocycles. The van der Waals surface area contributed by atoms with Crippen molar-refractivity contribution in [2.75, 3.05) is 12.4 Å². The minimum Gasteiger partial charge on any atom is -0.382 e. The molecule has 32 heavy (non-hydrogen) atoms. The van der Waals surface area contributed by atoms with Gasteiger partial charge in [0.1, 0.15) is 11.9 Å². The van der Waals surface area contributed by atoms with E-state index in [1.807, 2.05) is 6.07 Å². The van der Waals surface area contributed by atoms with Crippen LogP contribution in [0.5, 0.6) is 0 Å². The van der Waals surface area contributed by atoms with Crippen LogP contribution < -0.4 is 16.9 Å². The van der Waals surface area contributed by atoms with Crippen LogP contribution in [0.2, 0.25) is 0 Å². The van der Waals surface area contributed by atoms with Gasteiger partial charge in [-0.25, -0.2) is 24.7 Å². The number of nitriles is 1. The summed E-state index contributed by atoms with van der Waals surface area (Å²) in [7, 11) is 1.53. The molecule has 0 radical (unpaired) electrons. The van der Waals surface area contributed by atoms with E-state index in [0.717, 1.165) is 5.12 Å². The van der Waals surface area contributed by atoms with Gasteiger partial charge in [-0.05, 0) is 37.0 Å². The molecular formula is C22H25F2N7O. The van der Waals surface area contributed by atoms with Gasteiger partial charge in [0.05, 0.1) is 17.2 Å². The SMILES string of the molecule is Cc1nc(NC(=O)C(c2ccc(/C(N)=N/N(C)N)cc2)C2CCC(F)(F)C2)ccc1C#N. The second-order valence-corrected chi connectivity index (χ2v) is 7.95. The predicted octanol–water partition coefficient (Wildman–Crippen LogP) is 2.85. The number of aryl methyl sites for hydroxylation is 1. The molecule has 1 fully saturated rings. The summed E-state index contributed by atoms with van der Waals surface area (Å²) in [6.07, 6.45) is -0.390. The molecule has 2 unspecified atom stereocenters. The van der Waals surface area contributed by atoms with Gasteiger partial charge in [0.25, 0.3) is 0 Å². The van der Waals surface area contributed by atoms with Crippen molar-refractivity contribution < 1.29 is 13.6 Å². The Hall–Kier alpha value is -3.58. The van der Waals surface area contributed by atoms with Crippen LogP contribution in [0.1, 0.15) is 47.6 Å². The summed E-state index contributed by atoms with van der Waals surface area (Å²) in [5, 5.41) is 16.8. The van der Waals surface area contributed by atoms with Crippen molar-refractivity contribution in [3.05, 3.63) is 58.8 Å². The van der Waals surface area contributed by atoms with Crippen LogP contribution >= 0.6 is 0 Å². The van der Waals surface area contributed by atoms with Gasteiger partial charge in [-0.1, -0.05) is 24.3 Å². The van der Waals surface area contributed by atoms with E-state index in [-0.39, 0.29) is 30.9 Å². The summed E-state index contributed by atoms with van der Waals surface area (Å²) < 4.78 is 27.9. The first-order valence-corrected chi connectivity index (χ1v) is 10.1. The second kappa shape index (κ2) is 9.28. The highest BCUT2D eigenvalue weighted by Crippen LogP contribution is 2.45. The van der Waals surface area contributed by atoms with Gasteiger partial charge in [0.2, 0.25) is 11.8 Å². The Morgan fingerprint density at radius 2 is 2.03 bits per heavy atom. The van der Waals surface area contributed by atoms with Gasteiger partial charge >= 0.3 is 0 Å². The van der Waals surface area contributed by atoms with E-state index in [1.54, 1.807) is 37.3 Å². The smallest absolute Gasteiger partial charge is 0.248 e. The zero-order valence-electron chi connectivity index (χ0n) is 17.8. The number of anilines is 1. The number of carbonyl (C=O) groups excluding carboxylic acids is 1. The highest BCUT2D eigenvalue weighted by atomic mass is 19.3. The van der Waals surface area contributed by atoms with Gasteiger partial charge < -0.3 is 11.1 Å². The standard InChI is InChI=1S/C22H25F2N7O/c1-13-17(12-25)7-8-18(28-13)29-21(32)19(16-9-10-22(23,24)11-16)14-3-5-15(6-4-14)20(26)30-31(2)27/h3-8,16,19H,9-11,27H2,1-2H3,(H2,26,30)(H,28,29,32). The van der Waals surface area contributed by atoms with E-state index in [0.29, 0.717) is 22.4 Å². The number of nitrogens with two attached hydrogens (primary N) is 2. The number of alkyl halides is 2. The molecule has 1 saturated carbocycles. The number of hydrogen-bond acceptors (Lipinski definition) is 6. The summed E-state index contributed by atoms with van der Waals surface area (Å²) in [5.41, 5.74) is 7.95. The molecule has 0 aliphatic heterocycles. The van der Waals surface area contributed by atoms with Crippen molar-refractivity contribution in [3.63, 3.8) is 0 Å². The van der Waals surface area contributed by atoms with Gasteiger partial charge in [-0.2, -0.15) is 5.26 Å². The average molecular weight is 441 g/mol. The van der Waals surface area contributed by atoms with Crippen LogP contribution in [0, 0.1) is 24.2 Å². The van der Waals surface area contributed by atoms with E-state index in [1.165, 1.54) is 13.1 Å². The summed E-state index contributed by atoms with van der Waals surface area (Å²) in [6.45, 7) is 1.66. The molecule has 3 rings (SSSR count). The summed E-state index contributed by atoms with van der Waals surface area (Å²) >= 11 is 0. The van der Waals surface area contributed by atoms with Crippen LogP contribution in [0.25, 0.3) is 0 Å². The lowest BCUT2D eigenvalue weighted by atomic mass is 9.83. The van der Waals surface area contributed by atoms with Crippen LogP contribution in [0.3, 0.4) is 0 Å². The number of nitrogens with zero attached hydrogens (tertiary/aromatic N) is 4. The highest BCUT2D eigenvalue weighted by molar-refractivity contribution is 5.98. The van der Waals surface area contributed by atoms with Gasteiger partial charge in [0.15, 0.2) is 5.84 Å². The first kappa shape index (κ1) is 23.1. The van der Waals surface area contributed by atoms with Crippen molar-refractivity contribution >= 4 is 17.6 Å². The zero-order valence-corrected chi connectivity index (χ0v) is 17.8. The Bertz CT molecular complexity index is 1060. The fourth-order valence-corrected chi connectivity index (χ4v) is 3.95. The molecule has 1 aliphatic carbocycles. The van der Waals surface area contributed by atoms with Crippen LogP contribution in [0.4, 0.5) is 14.6 Å². The second-order valence-electron chi connectivity index (χ2n) is 7.95. The largest absolute Gasteiger partial charge is 0.382 e. The number of carbonyl (C=O) groups is 1. The molecule has 1 aromatic heterocycles. The van der Waals surface area contributed by atoms with E-state index < -0.39 is 23.7 Å². The molecular weight excluding hydrogens is 416 g/mol. The summed E-state index contributed by atoms with van der Waals surface area (Å²) in [4.78, 5) is 17.4. The third-order valence-corrected chi connectivity index (χ3v) is 5.48. The molecule has 1 aliphatic rings. The minimum absolute atomic E-state index is 0.187. The molecule has 5 N–H and O–H groups in total. The fraction of sp³-hybridized carbons (Fsp3) is 0.364. The van der Waals surface area contributed by atoms with Gasteiger partial charge in [-0.3, -0.25) is 4.79 Å². The predicted molar refractivity (Wildman–Crippen MR) is 116 cm³/mol. The lowest BCUT2D eigenvalue weighted by molar-refractivity contribution is -0.118. The van der Waals surface area contributed by atoms with E-state index >= 15 is 0 Å². The van der Waals surface area contributed by atoms with Crippen molar-refractivity contribution in [3.8, 4) is 6.07 Å². The Kier molecular flexibility index (Phi) is 6.69. The number of amidine groups is 1. The molecule has 0 saturated heterocycles. The number of aromatic nitrogens is 1. The Morgan fingerprint density at radius 3 is 2.56 bits per heavy atom. The maximum absolute atomic E-state index is 14.0. The van der Waals surface area contributed by atoms with E-state index in [2.05, 4.69) is 15.4 Å². The van der Waals surface area contributed by atoms with Crippen LogP contribution in [-0.4, -0.2) is 34.8 Å². The molecule has 1 amide bonds. The molecule has 8 nitrogen and oxygen atoms in total. The van der Waals surface area contributed by atoms with E-state index in [9.17, 15) is 13.6 Å². The van der Waals surface area contributed by atoms with Crippen molar-refractivity contribution in [1.29, 1.82) is 5.26 Å². The lowest BCUT2D eigenvalue weighted by Crippen LogP contribution is -2.28. The molecule has 2 aromatic rings. The Morgan fingerprint density at radius 1 is 1.34 bits per heavy atom. The third kappa shape index (κ3) is 5.36. The number of hydrazone groups is 1. The number of rotatable bonds is 6. The first-order chi connectivity index (χ1) is 15.1. The number of halogens is 2. The molecule has 168 valence electrons. The third-order valence-electron chi connectivity index (χ3n) is 5.48. The van der Waals surface area contributed by atoms with Crippen LogP contribution in [-0.2, 0) is 4.79 Å². The fourth-order valence-electron chi connectivity index (χ4n) is 3.95. The summed E-state index contributed by atoms with van der Waals surface area (Å²) in [5.74, 6) is 1.37. The topological polar surface area (TPSA) is 133 Å². The van der Waals surface area contributed by atoms with Gasteiger partial charge in [0, 0.05) is 25.5 Å². The minimum atomic E-state index is -2.80. The lowest BCUT2D eigenvalue weighted by Gasteiger charge is -2.23. The molecule has 0 spiro atoms. The zero-order chi connectivity index (χ0) is 23.5. The van der Waals surface area contributed by atoms with Crippen molar-refractivity contribution in [2.45, 2.75) is 38.0 Å². The monoisotopic (exact) mass is 441 g/mol. The molecule has 0 bridgehead atoms. The number of pyridine rings is 1. The number of benzene rings is 1. The van der Waals surface area contributed by atoms with Crippen molar-refractivity contribution in [2.24, 2.45) is 22.6 Å². The van der Waals surface area contributed by atoms with Gasteiger partial charge in [-0.15, -0.1) is 5.10 Å².